The van der Waals surface area contributed by atoms with Gasteiger partial charge in [0.25, 0.3) is 0 Å². The first-order chi connectivity index (χ1) is 24.8. The maximum Gasteiger partial charge on any atom is 0.335 e. The van der Waals surface area contributed by atoms with Gasteiger partial charge in [0.2, 0.25) is 5.69 Å². The summed E-state index contributed by atoms with van der Waals surface area (Å²) in [6.45, 7) is 0. The van der Waals surface area contributed by atoms with Crippen molar-refractivity contribution in [3.63, 3.8) is 0 Å². The smallest absolute Gasteiger partial charge is 0.335 e. The van der Waals surface area contributed by atoms with Crippen LogP contribution in [-0.2, 0) is 0 Å². The second-order valence-electron chi connectivity index (χ2n) is 10.5. The standard InChI is InChI=1S/2C15H12N2.C9H6O6.CH4O/c2*1-3-7-12(8-4-1)14-11-15(17-16-14)13-9-5-2-6-10-13;10-7(11)4-1-5(8(12)13)3-6(2-4)9(14)15;1-2/h2*1-11H,(H,16,17);1-3H,(H,10,11)(H,12,13)(H,14,15);2H,1H3. The van der Waals surface area contributed by atoms with Crippen molar-refractivity contribution in [3.8, 4) is 45.0 Å². The Balaban J connectivity index is 0.000000168. The van der Waals surface area contributed by atoms with Crippen LogP contribution in [0.1, 0.15) is 31.1 Å². The predicted octanol–water partition coefficient (Wildman–Crippen LogP) is 5.96. The van der Waals surface area contributed by atoms with Crippen molar-refractivity contribution >= 4 is 17.9 Å². The minimum atomic E-state index is -1.62. The van der Waals surface area contributed by atoms with Crippen molar-refractivity contribution < 1.29 is 39.9 Å². The maximum atomic E-state index is 10.5. The lowest BCUT2D eigenvalue weighted by atomic mass is 10.1. The molecule has 0 spiro atoms. The zero-order valence-corrected chi connectivity index (χ0v) is 27.4. The third-order valence-electron chi connectivity index (χ3n) is 7.18. The van der Waals surface area contributed by atoms with E-state index in [0.29, 0.717) is 0 Å². The van der Waals surface area contributed by atoms with Crippen LogP contribution >= 0.6 is 0 Å². The summed E-state index contributed by atoms with van der Waals surface area (Å²) in [6.07, 6.45) is 0. The van der Waals surface area contributed by atoms with Crippen LogP contribution in [0.5, 0.6) is 0 Å². The van der Waals surface area contributed by atoms with E-state index < -0.39 is 34.6 Å². The van der Waals surface area contributed by atoms with Gasteiger partial charge in [0.05, 0.1) is 28.5 Å². The van der Waals surface area contributed by atoms with Crippen molar-refractivity contribution in [3.05, 3.63) is 168 Å². The third kappa shape index (κ3) is 10.4. The highest BCUT2D eigenvalue weighted by atomic mass is 16.4. The molecule has 2 heterocycles. The summed E-state index contributed by atoms with van der Waals surface area (Å²) in [4.78, 5) is 31.5. The fraction of sp³-hybridized carbons (Fsp3) is 0.0250. The van der Waals surface area contributed by atoms with Gasteiger partial charge < -0.3 is 25.2 Å². The highest BCUT2D eigenvalue weighted by molar-refractivity contribution is 5.98. The van der Waals surface area contributed by atoms with Gasteiger partial charge in [-0.2, -0.15) is 10.2 Å². The maximum absolute atomic E-state index is 10.5. The molecule has 6 N–H and O–H groups in total. The number of nitrogens with zero attached hydrogens (tertiary/aromatic N) is 1. The molecule has 0 saturated heterocycles. The van der Waals surface area contributed by atoms with Crippen LogP contribution in [0.25, 0.3) is 45.0 Å². The monoisotopic (exact) mass is 682 g/mol. The van der Waals surface area contributed by atoms with E-state index in [1.807, 2.05) is 72.8 Å². The first-order valence-electron chi connectivity index (χ1n) is 15.4. The molecule has 11 heteroatoms. The van der Waals surface area contributed by atoms with Crippen LogP contribution in [-0.4, -0.2) is 55.6 Å². The minimum absolute atomic E-state index is 0.408. The average molecular weight is 683 g/mol. The van der Waals surface area contributed by atoms with Gasteiger partial charge in [-0.3, -0.25) is 5.10 Å². The predicted molar refractivity (Wildman–Crippen MR) is 191 cm³/mol. The molecule has 7 aromatic rings. The Morgan fingerprint density at radius 2 is 0.961 bits per heavy atom. The van der Waals surface area contributed by atoms with Crippen LogP contribution in [0.3, 0.4) is 0 Å². The molecule has 0 radical (unpaired) electrons. The van der Waals surface area contributed by atoms with E-state index in [1.54, 1.807) is 0 Å². The zero-order valence-electron chi connectivity index (χ0n) is 27.4. The van der Waals surface area contributed by atoms with E-state index in [0.717, 1.165) is 59.2 Å². The summed E-state index contributed by atoms with van der Waals surface area (Å²) in [7, 11) is 1.00. The van der Waals surface area contributed by atoms with Crippen LogP contribution in [0.4, 0.5) is 0 Å². The van der Waals surface area contributed by atoms with Crippen LogP contribution in [0.15, 0.2) is 152 Å². The molecular weight excluding hydrogens is 648 g/mol. The van der Waals surface area contributed by atoms with Crippen molar-refractivity contribution in [2.45, 2.75) is 0 Å². The van der Waals surface area contributed by atoms with Gasteiger partial charge in [0.1, 0.15) is 5.69 Å². The van der Waals surface area contributed by atoms with E-state index in [2.05, 4.69) is 81.1 Å². The molecule has 0 aliphatic carbocycles. The largest absolute Gasteiger partial charge is 0.545 e. The number of carbonyl (C=O) groups excluding carboxylic acids is 1. The first-order valence-corrected chi connectivity index (χ1v) is 15.4. The molecule has 256 valence electrons. The molecule has 0 aliphatic heterocycles. The Labute approximate surface area is 293 Å². The molecule has 0 fully saturated rings. The zero-order chi connectivity index (χ0) is 36.6. The molecule has 51 heavy (non-hydrogen) atoms. The number of carbonyl (C=O) groups is 3. The number of carboxylic acid groups (broad SMARTS) is 3. The quantitative estimate of drug-likeness (QED) is 0.136. The third-order valence-corrected chi connectivity index (χ3v) is 7.18. The second kappa shape index (κ2) is 18.4. The molecule has 0 amide bonds. The number of aliphatic hydroxyl groups excluding tert-OH is 1. The number of rotatable bonds is 7. The van der Waals surface area contributed by atoms with E-state index >= 15 is 0 Å². The number of aliphatic hydroxyl groups is 1. The Morgan fingerprint density at radius 3 is 1.41 bits per heavy atom. The Hall–Kier alpha value is -7.11. The SMILES string of the molecule is CO.O=C([O-])c1cc(C(=O)O)cc(C(=O)O)c1.c1ccc(-c2cc(-c3ccccc3)[nH+][nH]2)cc1.c1ccc(-c2cc(-c3ccccc3)[nH]n2)cc1. The van der Waals surface area contributed by atoms with E-state index in [1.165, 1.54) is 11.1 Å². The molecule has 0 saturated carbocycles. The van der Waals surface area contributed by atoms with Gasteiger partial charge in [-0.15, -0.1) is 5.10 Å². The molecule has 7 rings (SSSR count). The lowest BCUT2D eigenvalue weighted by Gasteiger charge is -2.05. The minimum Gasteiger partial charge on any atom is -0.545 e. The number of aromatic carboxylic acids is 3. The molecule has 0 aliphatic rings. The summed E-state index contributed by atoms with van der Waals surface area (Å²) in [6, 6.07) is 47.7. The van der Waals surface area contributed by atoms with E-state index in [-0.39, 0.29) is 0 Å². The Kier molecular flexibility index (Phi) is 13.3. The number of H-pyrrole nitrogens is 3. The number of aromatic amines is 3. The van der Waals surface area contributed by atoms with Crippen molar-refractivity contribution in [1.82, 2.24) is 15.3 Å². The number of aromatic nitrogens is 4. The van der Waals surface area contributed by atoms with Gasteiger partial charge in [-0.05, 0) is 47.5 Å². The normalized spacial score (nSPS) is 9.84. The van der Waals surface area contributed by atoms with Crippen molar-refractivity contribution in [1.29, 1.82) is 0 Å². The topological polar surface area (TPSA) is 194 Å². The van der Waals surface area contributed by atoms with Crippen LogP contribution in [0.2, 0.25) is 0 Å². The van der Waals surface area contributed by atoms with Gasteiger partial charge in [0, 0.05) is 29.9 Å². The van der Waals surface area contributed by atoms with Crippen molar-refractivity contribution in [2.75, 3.05) is 7.11 Å². The van der Waals surface area contributed by atoms with E-state index in [9.17, 15) is 19.5 Å². The molecule has 0 unspecified atom stereocenters. The Morgan fingerprint density at radius 1 is 0.549 bits per heavy atom. The average Bonchev–Trinajstić information content (AvgIpc) is 3.89. The molecule has 0 bridgehead atoms. The second-order valence-corrected chi connectivity index (χ2v) is 10.5. The number of hydrogen-bond donors (Lipinski definition) is 5. The van der Waals surface area contributed by atoms with Gasteiger partial charge in [0.15, 0.2) is 0 Å². The summed E-state index contributed by atoms with van der Waals surface area (Å²) in [5, 5.41) is 48.4. The number of nitrogens with one attached hydrogen (secondary N) is 3. The highest BCUT2D eigenvalue weighted by Gasteiger charge is 2.12. The summed E-state index contributed by atoms with van der Waals surface area (Å²) < 4.78 is 0. The summed E-state index contributed by atoms with van der Waals surface area (Å²) in [5.41, 5.74) is 7.59. The van der Waals surface area contributed by atoms with E-state index in [4.69, 9.17) is 15.3 Å². The lowest BCUT2D eigenvalue weighted by molar-refractivity contribution is -0.436. The number of benzene rings is 5. The fourth-order valence-electron chi connectivity index (χ4n) is 4.73. The van der Waals surface area contributed by atoms with Gasteiger partial charge >= 0.3 is 11.9 Å². The molecule has 0 atom stereocenters. The summed E-state index contributed by atoms with van der Waals surface area (Å²) in [5.74, 6) is -4.43. The van der Waals surface area contributed by atoms with Gasteiger partial charge in [-0.1, -0.05) is 109 Å². The molecule has 2 aromatic heterocycles. The van der Waals surface area contributed by atoms with Crippen LogP contribution in [0, 0.1) is 0 Å². The molecule has 5 aromatic carbocycles. The summed E-state index contributed by atoms with van der Waals surface area (Å²) >= 11 is 0. The highest BCUT2D eigenvalue weighted by Crippen LogP contribution is 2.23. The van der Waals surface area contributed by atoms with Crippen LogP contribution < -0.4 is 10.2 Å². The number of hydrogen-bond acceptors (Lipinski definition) is 6. The van der Waals surface area contributed by atoms with Crippen molar-refractivity contribution in [2.24, 2.45) is 0 Å². The lowest BCUT2D eigenvalue weighted by Crippen LogP contribution is -2.23. The fourth-order valence-corrected chi connectivity index (χ4v) is 4.73. The van der Waals surface area contributed by atoms with Gasteiger partial charge in [-0.25, -0.2) is 9.59 Å². The molecular formula is C40H34N4O7. The first kappa shape index (κ1) is 36.7. The molecule has 11 nitrogen and oxygen atoms in total. The Bertz CT molecular complexity index is 1850. The number of carboxylic acids is 3.